The summed E-state index contributed by atoms with van der Waals surface area (Å²) in [5.41, 5.74) is 6.75. The summed E-state index contributed by atoms with van der Waals surface area (Å²) in [7, 11) is 0. The topological polar surface area (TPSA) is 88.2 Å². The first-order valence-corrected chi connectivity index (χ1v) is 6.39. The minimum atomic E-state index is -0.231. The highest BCUT2D eigenvalue weighted by molar-refractivity contribution is 5.91. The first-order chi connectivity index (χ1) is 8.67. The molecule has 1 atom stereocenters. The van der Waals surface area contributed by atoms with Crippen LogP contribution < -0.4 is 11.1 Å². The van der Waals surface area contributed by atoms with Crippen molar-refractivity contribution < 1.29 is 9.90 Å². The number of carbonyl (C=O) groups excluding carboxylic acids is 1. The second-order valence-electron chi connectivity index (χ2n) is 6.10. The number of pyridine rings is 1. The van der Waals surface area contributed by atoms with E-state index in [0.717, 1.165) is 12.1 Å². The molecule has 106 valence electrons. The summed E-state index contributed by atoms with van der Waals surface area (Å²) in [5.74, 6) is -0.0820. The highest BCUT2D eigenvalue weighted by atomic mass is 16.3. The molecule has 1 rings (SSSR count). The number of nitrogens with two attached hydrogens (primary N) is 1. The number of hydrogen-bond donors (Lipinski definition) is 3. The summed E-state index contributed by atoms with van der Waals surface area (Å²) in [5, 5.41) is 12.2. The summed E-state index contributed by atoms with van der Waals surface area (Å²) < 4.78 is 0. The van der Waals surface area contributed by atoms with Crippen LogP contribution in [-0.2, 0) is 4.79 Å². The zero-order chi connectivity index (χ0) is 14.6. The molecule has 1 aromatic heterocycles. The van der Waals surface area contributed by atoms with E-state index in [-0.39, 0.29) is 35.4 Å². The molecule has 0 radical (unpaired) electrons. The van der Waals surface area contributed by atoms with Gasteiger partial charge in [-0.15, -0.1) is 0 Å². The fraction of sp³-hybridized carbons (Fsp3) is 0.571. The predicted octanol–water partition coefficient (Wildman–Crippen LogP) is 2.19. The second-order valence-corrected chi connectivity index (χ2v) is 6.10. The minimum absolute atomic E-state index is 0.0386. The number of hydrogen-bond acceptors (Lipinski definition) is 4. The molecule has 0 aliphatic carbocycles. The molecule has 0 saturated carbocycles. The molecule has 0 spiro atoms. The van der Waals surface area contributed by atoms with Crippen molar-refractivity contribution in [1.82, 2.24) is 4.98 Å². The van der Waals surface area contributed by atoms with Crippen LogP contribution in [0.3, 0.4) is 0 Å². The Bertz CT molecular complexity index is 452. The van der Waals surface area contributed by atoms with Crippen LogP contribution in [0.1, 0.15) is 39.3 Å². The van der Waals surface area contributed by atoms with E-state index in [9.17, 15) is 9.90 Å². The molecule has 0 aliphatic rings. The number of aromatic nitrogens is 1. The fourth-order valence-corrected chi connectivity index (χ4v) is 1.92. The van der Waals surface area contributed by atoms with Crippen LogP contribution in [0, 0.1) is 12.3 Å². The Labute approximate surface area is 114 Å². The van der Waals surface area contributed by atoms with Crippen molar-refractivity contribution in [2.75, 3.05) is 5.32 Å². The van der Waals surface area contributed by atoms with Crippen molar-refractivity contribution in [1.29, 1.82) is 0 Å². The Morgan fingerprint density at radius 2 is 2.11 bits per heavy atom. The van der Waals surface area contributed by atoms with E-state index < -0.39 is 0 Å². The van der Waals surface area contributed by atoms with E-state index >= 15 is 0 Å². The molecule has 0 aromatic carbocycles. The van der Waals surface area contributed by atoms with Gasteiger partial charge < -0.3 is 16.2 Å². The zero-order valence-corrected chi connectivity index (χ0v) is 12.0. The molecule has 19 heavy (non-hydrogen) atoms. The van der Waals surface area contributed by atoms with Gasteiger partial charge in [-0.3, -0.25) is 4.79 Å². The number of nitrogens with zero attached hydrogens (tertiary/aromatic N) is 1. The van der Waals surface area contributed by atoms with Crippen molar-refractivity contribution in [2.45, 2.75) is 46.6 Å². The Hall–Kier alpha value is -1.62. The third-order valence-electron chi connectivity index (χ3n) is 2.59. The molecule has 0 bridgehead atoms. The summed E-state index contributed by atoms with van der Waals surface area (Å²) in [4.78, 5) is 15.9. The molecular formula is C14H23N3O2. The molecule has 4 N–H and O–H groups in total. The van der Waals surface area contributed by atoms with Gasteiger partial charge in [0.2, 0.25) is 5.91 Å². The number of carbonyl (C=O) groups is 1. The lowest BCUT2D eigenvalue weighted by atomic mass is 9.87. The molecule has 1 unspecified atom stereocenters. The maximum atomic E-state index is 11.8. The molecular weight excluding hydrogens is 242 g/mol. The summed E-state index contributed by atoms with van der Waals surface area (Å²) in [6, 6.07) is 2.98. The van der Waals surface area contributed by atoms with Crippen LogP contribution in [0.25, 0.3) is 0 Å². The zero-order valence-electron chi connectivity index (χ0n) is 12.0. The molecule has 5 nitrogen and oxygen atoms in total. The van der Waals surface area contributed by atoms with E-state index in [2.05, 4.69) is 31.1 Å². The van der Waals surface area contributed by atoms with Gasteiger partial charge in [0.1, 0.15) is 0 Å². The molecule has 1 amide bonds. The van der Waals surface area contributed by atoms with Gasteiger partial charge in [-0.2, -0.15) is 0 Å². The molecule has 0 aliphatic heterocycles. The molecule has 1 heterocycles. The van der Waals surface area contributed by atoms with Gasteiger partial charge in [-0.25, -0.2) is 4.98 Å². The van der Waals surface area contributed by atoms with E-state index in [1.54, 1.807) is 13.0 Å². The van der Waals surface area contributed by atoms with Crippen molar-refractivity contribution in [3.8, 4) is 5.75 Å². The highest BCUT2D eigenvalue weighted by Crippen LogP contribution is 2.23. The van der Waals surface area contributed by atoms with Crippen LogP contribution in [-0.4, -0.2) is 22.0 Å². The fourth-order valence-electron chi connectivity index (χ4n) is 1.92. The van der Waals surface area contributed by atoms with E-state index in [4.69, 9.17) is 5.73 Å². The number of rotatable bonds is 4. The van der Waals surface area contributed by atoms with Gasteiger partial charge in [0.05, 0.1) is 0 Å². The summed E-state index contributed by atoms with van der Waals surface area (Å²) >= 11 is 0. The second kappa shape index (κ2) is 6.02. The van der Waals surface area contributed by atoms with Crippen molar-refractivity contribution in [3.05, 3.63) is 17.8 Å². The number of nitrogens with one attached hydrogen (secondary N) is 1. The van der Waals surface area contributed by atoms with Crippen LogP contribution in [0.2, 0.25) is 0 Å². The average Bonchev–Trinajstić information content (AvgIpc) is 2.20. The standard InChI is InChI=1S/C14H23N3O2/c1-9-5-6-11(18)13(16-9)17-12(19)7-10(15)8-14(2,3)4/h5-6,10,18H,7-8,15H2,1-4H3,(H,16,17,19). The third-order valence-corrected chi connectivity index (χ3v) is 2.59. The van der Waals surface area contributed by atoms with Crippen LogP contribution in [0.5, 0.6) is 5.75 Å². The Balaban J connectivity index is 2.58. The largest absolute Gasteiger partial charge is 0.504 e. The SMILES string of the molecule is Cc1ccc(O)c(NC(=O)CC(N)CC(C)(C)C)n1. The maximum Gasteiger partial charge on any atom is 0.227 e. The Morgan fingerprint density at radius 1 is 1.47 bits per heavy atom. The first kappa shape index (κ1) is 15.4. The van der Waals surface area contributed by atoms with Crippen LogP contribution in [0.15, 0.2) is 12.1 Å². The van der Waals surface area contributed by atoms with Crippen LogP contribution >= 0.6 is 0 Å². The van der Waals surface area contributed by atoms with E-state index in [1.807, 2.05) is 0 Å². The molecule has 5 heteroatoms. The monoisotopic (exact) mass is 265 g/mol. The van der Waals surface area contributed by atoms with E-state index in [0.29, 0.717) is 0 Å². The normalized spacial score (nSPS) is 13.1. The molecule has 0 saturated heterocycles. The van der Waals surface area contributed by atoms with Crippen molar-refractivity contribution >= 4 is 11.7 Å². The number of anilines is 1. The Kier molecular flexibility index (Phi) is 4.89. The average molecular weight is 265 g/mol. The van der Waals surface area contributed by atoms with Gasteiger partial charge in [0, 0.05) is 18.2 Å². The lowest BCUT2D eigenvalue weighted by molar-refractivity contribution is -0.116. The van der Waals surface area contributed by atoms with Gasteiger partial charge in [-0.1, -0.05) is 20.8 Å². The lowest BCUT2D eigenvalue weighted by Gasteiger charge is -2.22. The maximum absolute atomic E-state index is 11.8. The van der Waals surface area contributed by atoms with Gasteiger partial charge in [0.15, 0.2) is 11.6 Å². The Morgan fingerprint density at radius 3 is 2.68 bits per heavy atom. The number of aryl methyl sites for hydroxylation is 1. The smallest absolute Gasteiger partial charge is 0.227 e. The van der Waals surface area contributed by atoms with Gasteiger partial charge in [-0.05, 0) is 30.9 Å². The van der Waals surface area contributed by atoms with Gasteiger partial charge >= 0.3 is 0 Å². The third kappa shape index (κ3) is 5.70. The van der Waals surface area contributed by atoms with Crippen molar-refractivity contribution in [2.24, 2.45) is 11.1 Å². The minimum Gasteiger partial charge on any atom is -0.504 e. The number of aromatic hydroxyl groups is 1. The highest BCUT2D eigenvalue weighted by Gasteiger charge is 2.18. The van der Waals surface area contributed by atoms with E-state index in [1.165, 1.54) is 6.07 Å². The number of amides is 1. The molecule has 1 aromatic rings. The summed E-state index contributed by atoms with van der Waals surface area (Å²) in [6.45, 7) is 8.04. The predicted molar refractivity (Wildman–Crippen MR) is 75.9 cm³/mol. The first-order valence-electron chi connectivity index (χ1n) is 6.39. The van der Waals surface area contributed by atoms with Gasteiger partial charge in [0.25, 0.3) is 0 Å². The quantitative estimate of drug-likeness (QED) is 0.778. The van der Waals surface area contributed by atoms with Crippen molar-refractivity contribution in [3.63, 3.8) is 0 Å². The lowest BCUT2D eigenvalue weighted by Crippen LogP contribution is -2.31. The molecule has 0 fully saturated rings. The summed E-state index contributed by atoms with van der Waals surface area (Å²) in [6.07, 6.45) is 0.972. The van der Waals surface area contributed by atoms with Crippen LogP contribution in [0.4, 0.5) is 5.82 Å².